The van der Waals surface area contributed by atoms with Crippen molar-refractivity contribution < 1.29 is 14.3 Å². The second-order valence-corrected chi connectivity index (χ2v) is 7.48. The monoisotopic (exact) mass is 382 g/mol. The first-order valence-corrected chi connectivity index (χ1v) is 10.3. The minimum atomic E-state index is -0.228. The first-order chi connectivity index (χ1) is 13.6. The molecule has 1 saturated heterocycles. The van der Waals surface area contributed by atoms with Crippen molar-refractivity contribution in [1.82, 2.24) is 9.47 Å². The topological polar surface area (TPSA) is 51.5 Å². The lowest BCUT2D eigenvalue weighted by Crippen LogP contribution is -2.44. The van der Waals surface area contributed by atoms with Crippen LogP contribution in [0.3, 0.4) is 0 Å². The van der Waals surface area contributed by atoms with Crippen LogP contribution in [-0.2, 0) is 16.6 Å². The molecule has 2 aromatic rings. The number of benzene rings is 1. The van der Waals surface area contributed by atoms with Crippen molar-refractivity contribution in [2.24, 2.45) is 7.05 Å². The third kappa shape index (κ3) is 4.64. The van der Waals surface area contributed by atoms with Gasteiger partial charge in [-0.1, -0.05) is 37.3 Å². The molecule has 3 rings (SSSR count). The normalized spacial score (nSPS) is 17.9. The number of carbonyl (C=O) groups is 2. The lowest BCUT2D eigenvalue weighted by Gasteiger charge is -2.36. The van der Waals surface area contributed by atoms with Crippen molar-refractivity contribution in [3.05, 3.63) is 59.9 Å². The van der Waals surface area contributed by atoms with Crippen LogP contribution in [-0.4, -0.2) is 40.5 Å². The van der Waals surface area contributed by atoms with E-state index in [1.54, 1.807) is 0 Å². The van der Waals surface area contributed by atoms with Gasteiger partial charge in [-0.2, -0.15) is 0 Å². The van der Waals surface area contributed by atoms with Crippen molar-refractivity contribution >= 4 is 11.9 Å². The van der Waals surface area contributed by atoms with E-state index in [4.69, 9.17) is 4.74 Å². The molecular weight excluding hydrogens is 352 g/mol. The standard InChI is InChI=1S/C23H30N2O3/c1-3-20(18-10-5-4-6-11-18)23(27)28-17-14-19-12-7-8-16-25(19)22(26)21-13-9-15-24(21)2/h4-6,9-11,13,15,19-20H,3,7-8,12,14,16-17H2,1-2H3. The van der Waals surface area contributed by atoms with Crippen LogP contribution in [0.4, 0.5) is 0 Å². The first-order valence-electron chi connectivity index (χ1n) is 10.3. The number of esters is 1. The highest BCUT2D eigenvalue weighted by molar-refractivity contribution is 5.93. The van der Waals surface area contributed by atoms with E-state index in [0.717, 1.165) is 31.4 Å². The molecule has 2 atom stereocenters. The van der Waals surface area contributed by atoms with Crippen molar-refractivity contribution in [1.29, 1.82) is 0 Å². The number of rotatable bonds is 7. The number of hydrogen-bond acceptors (Lipinski definition) is 3. The number of ether oxygens (including phenoxy) is 1. The van der Waals surface area contributed by atoms with Gasteiger partial charge in [-0.25, -0.2) is 0 Å². The van der Waals surface area contributed by atoms with Crippen LogP contribution >= 0.6 is 0 Å². The molecule has 2 unspecified atom stereocenters. The summed E-state index contributed by atoms with van der Waals surface area (Å²) in [7, 11) is 1.89. The van der Waals surface area contributed by atoms with Gasteiger partial charge in [-0.15, -0.1) is 0 Å². The van der Waals surface area contributed by atoms with E-state index in [1.807, 2.05) is 72.1 Å². The molecule has 0 saturated carbocycles. The molecule has 1 aliphatic rings. The Hall–Kier alpha value is -2.56. The largest absolute Gasteiger partial charge is 0.465 e. The summed E-state index contributed by atoms with van der Waals surface area (Å²) in [5, 5.41) is 0. The summed E-state index contributed by atoms with van der Waals surface area (Å²) < 4.78 is 7.47. The van der Waals surface area contributed by atoms with Crippen LogP contribution in [0.2, 0.25) is 0 Å². The average molecular weight is 383 g/mol. The molecule has 1 fully saturated rings. The van der Waals surface area contributed by atoms with Crippen LogP contribution in [0.25, 0.3) is 0 Å². The second-order valence-electron chi connectivity index (χ2n) is 7.48. The van der Waals surface area contributed by atoms with E-state index in [1.165, 1.54) is 0 Å². The highest BCUT2D eigenvalue weighted by Crippen LogP contribution is 2.24. The smallest absolute Gasteiger partial charge is 0.313 e. The highest BCUT2D eigenvalue weighted by Gasteiger charge is 2.29. The number of hydrogen-bond donors (Lipinski definition) is 0. The molecule has 28 heavy (non-hydrogen) atoms. The summed E-state index contributed by atoms with van der Waals surface area (Å²) in [6, 6.07) is 13.7. The molecule has 5 heteroatoms. The Morgan fingerprint density at radius 2 is 1.93 bits per heavy atom. The maximum Gasteiger partial charge on any atom is 0.313 e. The fourth-order valence-electron chi connectivity index (χ4n) is 4.02. The van der Waals surface area contributed by atoms with Crippen molar-refractivity contribution in [2.45, 2.75) is 51.0 Å². The third-order valence-corrected chi connectivity index (χ3v) is 5.64. The molecule has 5 nitrogen and oxygen atoms in total. The van der Waals surface area contributed by atoms with E-state index >= 15 is 0 Å². The zero-order valence-corrected chi connectivity index (χ0v) is 16.8. The van der Waals surface area contributed by atoms with Crippen LogP contribution in [0.15, 0.2) is 48.7 Å². The molecular formula is C23H30N2O3. The van der Waals surface area contributed by atoms with Crippen LogP contribution in [0.1, 0.15) is 61.0 Å². The molecule has 0 bridgehead atoms. The van der Waals surface area contributed by atoms with E-state index in [-0.39, 0.29) is 23.8 Å². The number of amides is 1. The molecule has 0 aliphatic carbocycles. The van der Waals surface area contributed by atoms with Gasteiger partial charge in [-0.05, 0) is 43.4 Å². The lowest BCUT2D eigenvalue weighted by molar-refractivity contribution is -0.146. The predicted molar refractivity (Wildman–Crippen MR) is 109 cm³/mol. The SMILES string of the molecule is CCC(C(=O)OCCC1CCCCN1C(=O)c1cccn1C)c1ccccc1. The summed E-state index contributed by atoms with van der Waals surface area (Å²) >= 11 is 0. The van der Waals surface area contributed by atoms with E-state index in [2.05, 4.69) is 0 Å². The number of carbonyl (C=O) groups excluding carboxylic acids is 2. The van der Waals surface area contributed by atoms with E-state index < -0.39 is 0 Å². The zero-order chi connectivity index (χ0) is 19.9. The molecule has 150 valence electrons. The Morgan fingerprint density at radius 1 is 1.14 bits per heavy atom. The van der Waals surface area contributed by atoms with Gasteiger partial charge in [0.25, 0.3) is 5.91 Å². The number of aromatic nitrogens is 1. The number of likely N-dealkylation sites (tertiary alicyclic amines) is 1. The average Bonchev–Trinajstić information content (AvgIpc) is 3.15. The van der Waals surface area contributed by atoms with Crippen molar-refractivity contribution in [3.8, 4) is 0 Å². The minimum Gasteiger partial charge on any atom is -0.465 e. The molecule has 1 amide bonds. The summed E-state index contributed by atoms with van der Waals surface area (Å²) in [5.41, 5.74) is 1.70. The van der Waals surface area contributed by atoms with Gasteiger partial charge in [0, 0.05) is 32.3 Å². The zero-order valence-electron chi connectivity index (χ0n) is 16.8. The summed E-state index contributed by atoms with van der Waals surface area (Å²) in [5.74, 6) is -0.335. The van der Waals surface area contributed by atoms with Gasteiger partial charge in [-0.3, -0.25) is 9.59 Å². The number of piperidine rings is 1. The van der Waals surface area contributed by atoms with E-state index in [0.29, 0.717) is 25.1 Å². The van der Waals surface area contributed by atoms with E-state index in [9.17, 15) is 9.59 Å². The Morgan fingerprint density at radius 3 is 2.61 bits per heavy atom. The van der Waals surface area contributed by atoms with Gasteiger partial charge in [0.05, 0.1) is 12.5 Å². The van der Waals surface area contributed by atoms with Crippen LogP contribution < -0.4 is 0 Å². The summed E-state index contributed by atoms with van der Waals surface area (Å²) in [6.07, 6.45) is 6.39. The predicted octanol–water partition coefficient (Wildman–Crippen LogP) is 4.15. The summed E-state index contributed by atoms with van der Waals surface area (Å²) in [4.78, 5) is 27.4. The van der Waals surface area contributed by atoms with Gasteiger partial charge >= 0.3 is 5.97 Å². The first kappa shape index (κ1) is 20.2. The Kier molecular flexibility index (Phi) is 6.90. The van der Waals surface area contributed by atoms with Gasteiger partial charge in [0.15, 0.2) is 0 Å². The number of aryl methyl sites for hydroxylation is 1. The second kappa shape index (κ2) is 9.58. The van der Waals surface area contributed by atoms with Crippen molar-refractivity contribution in [3.63, 3.8) is 0 Å². The molecule has 0 spiro atoms. The molecule has 0 N–H and O–H groups in total. The van der Waals surface area contributed by atoms with Crippen molar-refractivity contribution in [2.75, 3.05) is 13.2 Å². The Balaban J connectivity index is 1.57. The fraction of sp³-hybridized carbons (Fsp3) is 0.478. The fourth-order valence-corrected chi connectivity index (χ4v) is 4.02. The van der Waals surface area contributed by atoms with Gasteiger partial charge in [0.2, 0.25) is 0 Å². The Bertz CT molecular complexity index is 784. The van der Waals surface area contributed by atoms with Crippen LogP contribution in [0.5, 0.6) is 0 Å². The minimum absolute atomic E-state index is 0.0687. The maximum absolute atomic E-state index is 12.9. The quantitative estimate of drug-likeness (QED) is 0.676. The molecule has 2 heterocycles. The molecule has 1 aliphatic heterocycles. The molecule has 1 aromatic heterocycles. The highest BCUT2D eigenvalue weighted by atomic mass is 16.5. The van der Waals surface area contributed by atoms with Gasteiger partial charge in [0.1, 0.15) is 5.69 Å². The molecule has 1 aromatic carbocycles. The van der Waals surface area contributed by atoms with Crippen LogP contribution in [0, 0.1) is 0 Å². The number of nitrogens with zero attached hydrogens (tertiary/aromatic N) is 2. The third-order valence-electron chi connectivity index (χ3n) is 5.64. The Labute approximate surface area is 167 Å². The lowest BCUT2D eigenvalue weighted by atomic mass is 9.96. The van der Waals surface area contributed by atoms with Gasteiger partial charge < -0.3 is 14.2 Å². The molecule has 0 radical (unpaired) electrons. The summed E-state index contributed by atoms with van der Waals surface area (Å²) in [6.45, 7) is 3.12. The maximum atomic E-state index is 12.9.